The van der Waals surface area contributed by atoms with Gasteiger partial charge >= 0.3 is 0 Å². The molecule has 0 atom stereocenters. The van der Waals surface area contributed by atoms with Gasteiger partial charge in [-0.3, -0.25) is 4.98 Å². The predicted molar refractivity (Wildman–Crippen MR) is 91.3 cm³/mol. The third-order valence-electron chi connectivity index (χ3n) is 3.44. The van der Waals surface area contributed by atoms with Crippen molar-refractivity contribution in [3.05, 3.63) is 83.8 Å². The molecule has 0 fully saturated rings. The van der Waals surface area contributed by atoms with E-state index < -0.39 is 0 Å². The molecular weight excluding hydrogens is 300 g/mol. The number of benzene rings is 1. The summed E-state index contributed by atoms with van der Waals surface area (Å²) < 4.78 is 5.73. The molecule has 0 saturated heterocycles. The summed E-state index contributed by atoms with van der Waals surface area (Å²) in [5, 5.41) is 12.2. The van der Waals surface area contributed by atoms with Gasteiger partial charge in [0.15, 0.2) is 0 Å². The lowest BCUT2D eigenvalue weighted by Gasteiger charge is -2.09. The summed E-state index contributed by atoms with van der Waals surface area (Å²) in [4.78, 5) is 8.24. The Morgan fingerprint density at radius 3 is 2.58 bits per heavy atom. The molecule has 0 amide bonds. The summed E-state index contributed by atoms with van der Waals surface area (Å²) in [7, 11) is 0. The van der Waals surface area contributed by atoms with Crippen LogP contribution in [0.1, 0.15) is 16.7 Å². The number of anilines is 1. The van der Waals surface area contributed by atoms with E-state index in [4.69, 9.17) is 10.00 Å². The largest absolute Gasteiger partial charge is 0.489 e. The van der Waals surface area contributed by atoms with E-state index in [1.54, 1.807) is 30.7 Å². The van der Waals surface area contributed by atoms with E-state index in [1.165, 1.54) is 0 Å². The molecule has 0 aliphatic rings. The zero-order valence-electron chi connectivity index (χ0n) is 13.0. The molecule has 5 nitrogen and oxygen atoms in total. The van der Waals surface area contributed by atoms with E-state index in [1.807, 2.05) is 36.4 Å². The lowest BCUT2D eigenvalue weighted by molar-refractivity contribution is 0.305. The highest BCUT2D eigenvalue weighted by atomic mass is 16.5. The minimum absolute atomic E-state index is 0.491. The molecule has 0 aliphatic heterocycles. The van der Waals surface area contributed by atoms with Gasteiger partial charge in [0, 0.05) is 30.7 Å². The highest BCUT2D eigenvalue weighted by Crippen LogP contribution is 2.16. The SMILES string of the molecule is N#Cc1cccnc1NCc1ccc(OCc2cccnc2)cc1. The molecule has 3 aromatic rings. The fourth-order valence-corrected chi connectivity index (χ4v) is 2.18. The number of hydrogen-bond donors (Lipinski definition) is 1. The average molecular weight is 316 g/mol. The van der Waals surface area contributed by atoms with Crippen LogP contribution in [0.5, 0.6) is 5.75 Å². The zero-order valence-corrected chi connectivity index (χ0v) is 13.0. The van der Waals surface area contributed by atoms with Gasteiger partial charge in [0.1, 0.15) is 24.2 Å². The van der Waals surface area contributed by atoms with Gasteiger partial charge in [-0.15, -0.1) is 0 Å². The Bertz CT molecular complexity index is 826. The Morgan fingerprint density at radius 1 is 1.00 bits per heavy atom. The van der Waals surface area contributed by atoms with Crippen LogP contribution in [-0.4, -0.2) is 9.97 Å². The Kier molecular flexibility index (Phi) is 5.00. The van der Waals surface area contributed by atoms with Gasteiger partial charge in [0.2, 0.25) is 0 Å². The van der Waals surface area contributed by atoms with Gasteiger partial charge in [0.05, 0.1) is 5.56 Å². The standard InChI is InChI=1S/C19H16N4O/c20-11-17-4-2-10-22-19(17)23-13-15-5-7-18(8-6-15)24-14-16-3-1-9-21-12-16/h1-10,12H,13-14H2,(H,22,23). The van der Waals surface area contributed by atoms with Crippen molar-refractivity contribution in [3.63, 3.8) is 0 Å². The van der Waals surface area contributed by atoms with Crippen molar-refractivity contribution in [1.29, 1.82) is 5.26 Å². The van der Waals surface area contributed by atoms with E-state index in [2.05, 4.69) is 21.4 Å². The number of rotatable bonds is 6. The number of ether oxygens (including phenoxy) is 1. The number of hydrogen-bond acceptors (Lipinski definition) is 5. The predicted octanol–water partition coefficient (Wildman–Crippen LogP) is 3.54. The highest BCUT2D eigenvalue weighted by Gasteiger charge is 2.02. The first-order valence-electron chi connectivity index (χ1n) is 7.55. The molecule has 0 radical (unpaired) electrons. The number of nitriles is 1. The van der Waals surface area contributed by atoms with Crippen LogP contribution in [-0.2, 0) is 13.2 Å². The topological polar surface area (TPSA) is 70.8 Å². The molecule has 118 valence electrons. The Labute approximate surface area is 140 Å². The van der Waals surface area contributed by atoms with Gasteiger partial charge < -0.3 is 10.1 Å². The number of aromatic nitrogens is 2. The van der Waals surface area contributed by atoms with E-state index in [0.29, 0.717) is 24.5 Å². The second-order valence-electron chi connectivity index (χ2n) is 5.16. The second-order valence-corrected chi connectivity index (χ2v) is 5.16. The van der Waals surface area contributed by atoms with E-state index in [0.717, 1.165) is 16.9 Å². The van der Waals surface area contributed by atoms with Crippen molar-refractivity contribution >= 4 is 5.82 Å². The highest BCUT2D eigenvalue weighted by molar-refractivity contribution is 5.51. The van der Waals surface area contributed by atoms with Crippen LogP contribution in [0.15, 0.2) is 67.1 Å². The van der Waals surface area contributed by atoms with Gasteiger partial charge in [-0.05, 0) is 35.9 Å². The summed E-state index contributed by atoms with van der Waals surface area (Å²) >= 11 is 0. The fraction of sp³-hybridized carbons (Fsp3) is 0.105. The molecule has 0 aliphatic carbocycles. The van der Waals surface area contributed by atoms with Crippen LogP contribution in [0, 0.1) is 11.3 Å². The average Bonchev–Trinajstić information content (AvgIpc) is 2.66. The monoisotopic (exact) mass is 316 g/mol. The minimum Gasteiger partial charge on any atom is -0.489 e. The van der Waals surface area contributed by atoms with Crippen molar-refractivity contribution in [3.8, 4) is 11.8 Å². The summed E-state index contributed by atoms with van der Waals surface area (Å²) in [6.07, 6.45) is 5.20. The van der Waals surface area contributed by atoms with Crippen molar-refractivity contribution < 1.29 is 4.74 Å². The Hall–Kier alpha value is -3.39. The molecule has 3 rings (SSSR count). The lowest BCUT2D eigenvalue weighted by atomic mass is 10.2. The minimum atomic E-state index is 0.491. The van der Waals surface area contributed by atoms with Gasteiger partial charge in [-0.1, -0.05) is 18.2 Å². The van der Waals surface area contributed by atoms with Crippen LogP contribution >= 0.6 is 0 Å². The Balaban J connectivity index is 1.56. The maximum atomic E-state index is 9.05. The maximum Gasteiger partial charge on any atom is 0.144 e. The van der Waals surface area contributed by atoms with Crippen molar-refractivity contribution in [2.75, 3.05) is 5.32 Å². The van der Waals surface area contributed by atoms with Gasteiger partial charge in [-0.25, -0.2) is 4.98 Å². The molecule has 5 heteroatoms. The third kappa shape index (κ3) is 4.08. The normalized spacial score (nSPS) is 9.96. The molecule has 0 saturated carbocycles. The van der Waals surface area contributed by atoms with E-state index in [9.17, 15) is 0 Å². The van der Waals surface area contributed by atoms with Crippen LogP contribution in [0.3, 0.4) is 0 Å². The number of nitrogens with one attached hydrogen (secondary N) is 1. The van der Waals surface area contributed by atoms with E-state index in [-0.39, 0.29) is 0 Å². The van der Waals surface area contributed by atoms with Crippen molar-refractivity contribution in [1.82, 2.24) is 9.97 Å². The first-order chi connectivity index (χ1) is 11.8. The molecule has 2 heterocycles. The summed E-state index contributed by atoms with van der Waals surface area (Å²) in [6.45, 7) is 1.08. The molecular formula is C19H16N4O. The summed E-state index contributed by atoms with van der Waals surface area (Å²) in [5.41, 5.74) is 2.65. The smallest absolute Gasteiger partial charge is 0.144 e. The van der Waals surface area contributed by atoms with Crippen LogP contribution < -0.4 is 10.1 Å². The quantitative estimate of drug-likeness (QED) is 0.753. The molecule has 24 heavy (non-hydrogen) atoms. The Morgan fingerprint density at radius 2 is 1.83 bits per heavy atom. The van der Waals surface area contributed by atoms with Gasteiger partial charge in [-0.2, -0.15) is 5.26 Å². The molecule has 2 aromatic heterocycles. The lowest BCUT2D eigenvalue weighted by Crippen LogP contribution is -2.03. The number of nitrogens with zero attached hydrogens (tertiary/aromatic N) is 3. The first kappa shape index (κ1) is 15.5. The maximum absolute atomic E-state index is 9.05. The van der Waals surface area contributed by atoms with Crippen molar-refractivity contribution in [2.24, 2.45) is 0 Å². The zero-order chi connectivity index (χ0) is 16.6. The van der Waals surface area contributed by atoms with E-state index >= 15 is 0 Å². The second kappa shape index (κ2) is 7.75. The van der Waals surface area contributed by atoms with Gasteiger partial charge in [0.25, 0.3) is 0 Å². The molecule has 0 bridgehead atoms. The van der Waals surface area contributed by atoms with Crippen LogP contribution in [0.2, 0.25) is 0 Å². The molecule has 0 spiro atoms. The first-order valence-corrected chi connectivity index (χ1v) is 7.55. The number of pyridine rings is 2. The summed E-state index contributed by atoms with van der Waals surface area (Å²) in [6, 6.07) is 17.3. The third-order valence-corrected chi connectivity index (χ3v) is 3.44. The molecule has 0 unspecified atom stereocenters. The van der Waals surface area contributed by atoms with Crippen molar-refractivity contribution in [2.45, 2.75) is 13.2 Å². The molecule has 1 N–H and O–H groups in total. The van der Waals surface area contributed by atoms with Crippen LogP contribution in [0.25, 0.3) is 0 Å². The molecule has 1 aromatic carbocycles. The fourth-order valence-electron chi connectivity index (χ4n) is 2.18. The van der Waals surface area contributed by atoms with Crippen LogP contribution in [0.4, 0.5) is 5.82 Å². The summed E-state index contributed by atoms with van der Waals surface area (Å²) in [5.74, 6) is 1.40.